The average Bonchev–Trinajstić information content (AvgIpc) is 3.15. The summed E-state index contributed by atoms with van der Waals surface area (Å²) in [5.74, 6) is -0.0349. The second-order valence-corrected chi connectivity index (χ2v) is 6.72. The Bertz CT molecular complexity index is 691. The highest BCUT2D eigenvalue weighted by molar-refractivity contribution is 5.94. The molecule has 0 radical (unpaired) electrons. The van der Waals surface area contributed by atoms with Crippen LogP contribution in [0.3, 0.4) is 0 Å². The largest absolute Gasteiger partial charge is 0.380 e. The molecule has 1 saturated heterocycles. The van der Waals surface area contributed by atoms with E-state index in [9.17, 15) is 4.79 Å². The summed E-state index contributed by atoms with van der Waals surface area (Å²) in [5.41, 5.74) is 4.31. The zero-order valence-corrected chi connectivity index (χ0v) is 14.9. The van der Waals surface area contributed by atoms with Gasteiger partial charge in [-0.1, -0.05) is 36.4 Å². The number of hydrogen-bond acceptors (Lipinski definition) is 2. The minimum absolute atomic E-state index is 0.0349. The lowest BCUT2D eigenvalue weighted by Crippen LogP contribution is -3.08. The van der Waals surface area contributed by atoms with Crippen molar-refractivity contribution in [1.29, 1.82) is 0 Å². The average molecular weight is 339 g/mol. The standard InChI is InChI=1S/C21H26N2O2/c1-25-16-17-8-10-18(11-9-17)21(24)22-14-19-6-2-3-7-20(19)15-23-12-4-5-13-23/h2-3,6-11H,4-5,12-16H2,1H3,(H,22,24)/p+1. The predicted octanol–water partition coefficient (Wildman–Crippen LogP) is 1.94. The minimum Gasteiger partial charge on any atom is -0.380 e. The summed E-state index contributed by atoms with van der Waals surface area (Å²) in [5, 5.41) is 3.05. The van der Waals surface area contributed by atoms with Crippen LogP contribution < -0.4 is 10.2 Å². The van der Waals surface area contributed by atoms with E-state index in [1.165, 1.54) is 37.1 Å². The van der Waals surface area contributed by atoms with Crippen LogP contribution in [0.4, 0.5) is 0 Å². The van der Waals surface area contributed by atoms with Crippen LogP contribution in [0.25, 0.3) is 0 Å². The van der Waals surface area contributed by atoms with Gasteiger partial charge in [0.2, 0.25) is 0 Å². The predicted molar refractivity (Wildman–Crippen MR) is 98.4 cm³/mol. The molecule has 4 nitrogen and oxygen atoms in total. The summed E-state index contributed by atoms with van der Waals surface area (Å²) in [6, 6.07) is 16.0. The maximum atomic E-state index is 12.4. The summed E-state index contributed by atoms with van der Waals surface area (Å²) < 4.78 is 5.10. The second-order valence-electron chi connectivity index (χ2n) is 6.72. The van der Waals surface area contributed by atoms with Gasteiger partial charge in [-0.25, -0.2) is 0 Å². The second kappa shape index (κ2) is 8.79. The molecule has 132 valence electrons. The normalized spacial score (nSPS) is 14.6. The van der Waals surface area contributed by atoms with Crippen LogP contribution in [0.15, 0.2) is 48.5 Å². The molecule has 2 aromatic carbocycles. The number of rotatable bonds is 7. The Morgan fingerprint density at radius 2 is 1.72 bits per heavy atom. The minimum atomic E-state index is -0.0349. The number of carbonyl (C=O) groups is 1. The van der Waals surface area contributed by atoms with E-state index in [1.807, 2.05) is 30.3 Å². The molecule has 0 aromatic heterocycles. The molecule has 1 heterocycles. The van der Waals surface area contributed by atoms with Crippen molar-refractivity contribution < 1.29 is 14.4 Å². The Morgan fingerprint density at radius 3 is 2.40 bits per heavy atom. The molecular weight excluding hydrogens is 312 g/mol. The van der Waals surface area contributed by atoms with Crippen molar-refractivity contribution in [3.8, 4) is 0 Å². The van der Waals surface area contributed by atoms with Crippen LogP contribution in [0.1, 0.15) is 39.9 Å². The fourth-order valence-electron chi connectivity index (χ4n) is 3.42. The summed E-state index contributed by atoms with van der Waals surface area (Å²) in [4.78, 5) is 14.0. The molecular formula is C21H27N2O2+. The first kappa shape index (κ1) is 17.6. The van der Waals surface area contributed by atoms with Crippen LogP contribution in [0.2, 0.25) is 0 Å². The van der Waals surface area contributed by atoms with Gasteiger partial charge in [-0.3, -0.25) is 4.79 Å². The third-order valence-corrected chi connectivity index (χ3v) is 4.84. The van der Waals surface area contributed by atoms with Crippen molar-refractivity contribution >= 4 is 5.91 Å². The van der Waals surface area contributed by atoms with E-state index in [-0.39, 0.29) is 5.91 Å². The van der Waals surface area contributed by atoms with Gasteiger partial charge in [0.15, 0.2) is 0 Å². The first-order chi connectivity index (χ1) is 12.3. The molecule has 25 heavy (non-hydrogen) atoms. The fraction of sp³-hybridized carbons (Fsp3) is 0.381. The molecule has 1 aliphatic heterocycles. The number of ether oxygens (including phenoxy) is 1. The van der Waals surface area contributed by atoms with Crippen molar-refractivity contribution in [2.45, 2.75) is 32.5 Å². The van der Waals surface area contributed by atoms with E-state index < -0.39 is 0 Å². The number of amides is 1. The van der Waals surface area contributed by atoms with Gasteiger partial charge in [-0.05, 0) is 23.3 Å². The fourth-order valence-corrected chi connectivity index (χ4v) is 3.42. The van der Waals surface area contributed by atoms with Gasteiger partial charge < -0.3 is 15.0 Å². The SMILES string of the molecule is COCc1ccc(C(=O)NCc2ccccc2C[NH+]2CCCC2)cc1. The molecule has 0 saturated carbocycles. The lowest BCUT2D eigenvalue weighted by atomic mass is 10.1. The highest BCUT2D eigenvalue weighted by Gasteiger charge is 2.17. The van der Waals surface area contributed by atoms with Crippen molar-refractivity contribution in [3.05, 3.63) is 70.8 Å². The molecule has 1 aliphatic rings. The van der Waals surface area contributed by atoms with E-state index >= 15 is 0 Å². The smallest absolute Gasteiger partial charge is 0.251 e. The molecule has 0 atom stereocenters. The third-order valence-electron chi connectivity index (χ3n) is 4.84. The Morgan fingerprint density at radius 1 is 1.04 bits per heavy atom. The van der Waals surface area contributed by atoms with Crippen molar-refractivity contribution in [3.63, 3.8) is 0 Å². The number of carbonyl (C=O) groups excluding carboxylic acids is 1. The maximum Gasteiger partial charge on any atom is 0.251 e. The molecule has 0 unspecified atom stereocenters. The van der Waals surface area contributed by atoms with E-state index in [0.717, 1.165) is 12.1 Å². The lowest BCUT2D eigenvalue weighted by Gasteiger charge is -2.15. The van der Waals surface area contributed by atoms with Gasteiger partial charge in [-0.2, -0.15) is 0 Å². The number of benzene rings is 2. The molecule has 0 spiro atoms. The van der Waals surface area contributed by atoms with E-state index in [1.54, 1.807) is 12.0 Å². The van der Waals surface area contributed by atoms with Gasteiger partial charge in [0.1, 0.15) is 6.54 Å². The quantitative estimate of drug-likeness (QED) is 0.810. The van der Waals surface area contributed by atoms with Crippen LogP contribution in [0, 0.1) is 0 Å². The highest BCUT2D eigenvalue weighted by Crippen LogP contribution is 2.10. The number of quaternary nitrogens is 1. The highest BCUT2D eigenvalue weighted by atomic mass is 16.5. The Balaban J connectivity index is 1.59. The third kappa shape index (κ3) is 4.91. The van der Waals surface area contributed by atoms with Gasteiger partial charge in [0, 0.05) is 37.6 Å². The van der Waals surface area contributed by atoms with Gasteiger partial charge in [0.05, 0.1) is 19.7 Å². The number of nitrogens with one attached hydrogen (secondary N) is 2. The summed E-state index contributed by atoms with van der Waals surface area (Å²) in [7, 11) is 1.67. The Kier molecular flexibility index (Phi) is 6.20. The van der Waals surface area contributed by atoms with E-state index in [0.29, 0.717) is 18.7 Å². The molecule has 1 amide bonds. The van der Waals surface area contributed by atoms with Crippen LogP contribution in [-0.2, 0) is 24.4 Å². The summed E-state index contributed by atoms with van der Waals surface area (Å²) in [6.07, 6.45) is 2.65. The van der Waals surface area contributed by atoms with E-state index in [2.05, 4.69) is 23.5 Å². The molecule has 0 bridgehead atoms. The Hall–Kier alpha value is -2.17. The zero-order valence-electron chi connectivity index (χ0n) is 14.9. The van der Waals surface area contributed by atoms with Gasteiger partial charge >= 0.3 is 0 Å². The number of hydrogen-bond donors (Lipinski definition) is 2. The van der Waals surface area contributed by atoms with Crippen molar-refractivity contribution in [2.24, 2.45) is 0 Å². The van der Waals surface area contributed by atoms with Crippen LogP contribution >= 0.6 is 0 Å². The Labute approximate surface area is 149 Å². The van der Waals surface area contributed by atoms with E-state index in [4.69, 9.17) is 4.74 Å². The topological polar surface area (TPSA) is 42.8 Å². The molecule has 2 N–H and O–H groups in total. The van der Waals surface area contributed by atoms with Crippen molar-refractivity contribution in [2.75, 3.05) is 20.2 Å². The monoisotopic (exact) mass is 339 g/mol. The lowest BCUT2D eigenvalue weighted by molar-refractivity contribution is -0.901. The summed E-state index contributed by atoms with van der Waals surface area (Å²) >= 11 is 0. The zero-order chi connectivity index (χ0) is 17.5. The van der Waals surface area contributed by atoms with Crippen LogP contribution in [-0.4, -0.2) is 26.1 Å². The summed E-state index contributed by atoms with van der Waals surface area (Å²) in [6.45, 7) is 4.71. The van der Waals surface area contributed by atoms with Gasteiger partial charge in [0.25, 0.3) is 5.91 Å². The van der Waals surface area contributed by atoms with Gasteiger partial charge in [-0.15, -0.1) is 0 Å². The first-order valence-electron chi connectivity index (χ1n) is 9.02. The molecule has 2 aromatic rings. The molecule has 0 aliphatic carbocycles. The molecule has 1 fully saturated rings. The first-order valence-corrected chi connectivity index (χ1v) is 9.02. The number of likely N-dealkylation sites (tertiary alicyclic amines) is 1. The van der Waals surface area contributed by atoms with Crippen LogP contribution in [0.5, 0.6) is 0 Å². The maximum absolute atomic E-state index is 12.4. The van der Waals surface area contributed by atoms with Crippen molar-refractivity contribution in [1.82, 2.24) is 5.32 Å². The molecule has 4 heteroatoms. The number of methoxy groups -OCH3 is 1. The molecule has 3 rings (SSSR count).